The Morgan fingerprint density at radius 2 is 2.21 bits per heavy atom. The van der Waals surface area contributed by atoms with E-state index in [2.05, 4.69) is 39.1 Å². The van der Waals surface area contributed by atoms with Crippen molar-refractivity contribution in [1.82, 2.24) is 5.32 Å². The quantitative estimate of drug-likeness (QED) is 0.891. The van der Waals surface area contributed by atoms with Crippen LogP contribution in [-0.4, -0.2) is 24.9 Å². The van der Waals surface area contributed by atoms with E-state index in [1.807, 2.05) is 0 Å². The molecule has 0 bridgehead atoms. The monoisotopic (exact) mass is 267 g/mol. The van der Waals surface area contributed by atoms with Gasteiger partial charge in [0, 0.05) is 12.1 Å². The smallest absolute Gasteiger partial charge is 0.130 e. The molecular weight excluding hydrogens is 242 g/mol. The first-order valence-electron chi connectivity index (χ1n) is 6.96. The molecule has 2 heterocycles. The Balaban J connectivity index is 1.85. The topological polar surface area (TPSA) is 43.6 Å². The SMILES string of the molecule is Cc1cc(COC2CCOC2)oc1CNC(C)(C)C. The Morgan fingerprint density at radius 3 is 2.84 bits per heavy atom. The fourth-order valence-electron chi connectivity index (χ4n) is 2.03. The normalized spacial score (nSPS) is 20.1. The molecule has 4 nitrogen and oxygen atoms in total. The van der Waals surface area contributed by atoms with Crippen LogP contribution in [0.25, 0.3) is 0 Å². The van der Waals surface area contributed by atoms with Crippen molar-refractivity contribution in [2.24, 2.45) is 0 Å². The summed E-state index contributed by atoms with van der Waals surface area (Å²) in [6, 6.07) is 2.06. The van der Waals surface area contributed by atoms with Crippen LogP contribution in [0.3, 0.4) is 0 Å². The van der Waals surface area contributed by atoms with Crippen molar-refractivity contribution in [1.29, 1.82) is 0 Å². The van der Waals surface area contributed by atoms with Crippen LogP contribution in [0.15, 0.2) is 10.5 Å². The highest BCUT2D eigenvalue weighted by molar-refractivity contribution is 5.19. The van der Waals surface area contributed by atoms with Crippen molar-refractivity contribution in [2.45, 2.75) is 58.9 Å². The first-order chi connectivity index (χ1) is 8.94. The fourth-order valence-corrected chi connectivity index (χ4v) is 2.03. The number of hydrogen-bond acceptors (Lipinski definition) is 4. The third kappa shape index (κ3) is 4.64. The minimum absolute atomic E-state index is 0.0943. The average molecular weight is 267 g/mol. The molecule has 108 valence electrons. The number of nitrogens with one attached hydrogen (secondary N) is 1. The molecule has 1 N–H and O–H groups in total. The minimum Gasteiger partial charge on any atom is -0.462 e. The highest BCUT2D eigenvalue weighted by Gasteiger charge is 2.17. The molecule has 0 amide bonds. The van der Waals surface area contributed by atoms with Crippen LogP contribution in [0.2, 0.25) is 0 Å². The van der Waals surface area contributed by atoms with Gasteiger partial charge in [-0.15, -0.1) is 0 Å². The van der Waals surface area contributed by atoms with E-state index >= 15 is 0 Å². The van der Waals surface area contributed by atoms with E-state index in [0.29, 0.717) is 13.2 Å². The van der Waals surface area contributed by atoms with Gasteiger partial charge in [0.1, 0.15) is 18.1 Å². The molecule has 1 aliphatic heterocycles. The summed E-state index contributed by atoms with van der Waals surface area (Å²) in [5, 5.41) is 3.43. The first kappa shape index (κ1) is 14.6. The molecule has 0 aromatic carbocycles. The van der Waals surface area contributed by atoms with Gasteiger partial charge in [-0.3, -0.25) is 0 Å². The maximum Gasteiger partial charge on any atom is 0.130 e. The lowest BCUT2D eigenvalue weighted by Gasteiger charge is -2.19. The van der Waals surface area contributed by atoms with E-state index < -0.39 is 0 Å². The first-order valence-corrected chi connectivity index (χ1v) is 6.96. The number of furan rings is 1. The summed E-state index contributed by atoms with van der Waals surface area (Å²) < 4.78 is 16.9. The molecule has 1 saturated heterocycles. The van der Waals surface area contributed by atoms with Gasteiger partial charge in [0.25, 0.3) is 0 Å². The van der Waals surface area contributed by atoms with Crippen LogP contribution in [0, 0.1) is 6.92 Å². The second kappa shape index (κ2) is 6.07. The Labute approximate surface area is 115 Å². The summed E-state index contributed by atoms with van der Waals surface area (Å²) >= 11 is 0. The van der Waals surface area contributed by atoms with Crippen LogP contribution in [0.4, 0.5) is 0 Å². The van der Waals surface area contributed by atoms with E-state index in [1.165, 1.54) is 5.56 Å². The van der Waals surface area contributed by atoms with Crippen molar-refractivity contribution in [3.05, 3.63) is 23.2 Å². The third-order valence-corrected chi connectivity index (χ3v) is 3.20. The summed E-state index contributed by atoms with van der Waals surface area (Å²) in [6.45, 7) is 11.3. The predicted octanol–water partition coefficient (Wildman–Crippen LogP) is 2.78. The van der Waals surface area contributed by atoms with E-state index in [1.54, 1.807) is 0 Å². The summed E-state index contributed by atoms with van der Waals surface area (Å²) in [5.74, 6) is 1.89. The Bertz CT molecular complexity index is 400. The second-order valence-corrected chi connectivity index (χ2v) is 6.22. The van der Waals surface area contributed by atoms with Crippen LogP contribution in [0.1, 0.15) is 44.3 Å². The van der Waals surface area contributed by atoms with Crippen LogP contribution in [0.5, 0.6) is 0 Å². The molecule has 1 aromatic rings. The van der Waals surface area contributed by atoms with Crippen molar-refractivity contribution >= 4 is 0 Å². The van der Waals surface area contributed by atoms with Gasteiger partial charge in [-0.05, 0) is 45.7 Å². The zero-order chi connectivity index (χ0) is 13.9. The molecule has 1 aliphatic rings. The van der Waals surface area contributed by atoms with Gasteiger partial charge in [-0.25, -0.2) is 0 Å². The summed E-state index contributed by atoms with van der Waals surface area (Å²) in [4.78, 5) is 0. The van der Waals surface area contributed by atoms with Gasteiger partial charge in [0.05, 0.1) is 19.3 Å². The van der Waals surface area contributed by atoms with Gasteiger partial charge in [-0.1, -0.05) is 0 Å². The second-order valence-electron chi connectivity index (χ2n) is 6.22. The molecule has 0 spiro atoms. The number of ether oxygens (including phenoxy) is 2. The van der Waals surface area contributed by atoms with E-state index in [9.17, 15) is 0 Å². The molecule has 19 heavy (non-hydrogen) atoms. The van der Waals surface area contributed by atoms with E-state index in [0.717, 1.165) is 31.1 Å². The molecule has 1 aromatic heterocycles. The summed E-state index contributed by atoms with van der Waals surface area (Å²) in [7, 11) is 0. The highest BCUT2D eigenvalue weighted by atomic mass is 16.5. The Kier molecular flexibility index (Phi) is 4.66. The molecule has 0 aliphatic carbocycles. The van der Waals surface area contributed by atoms with Gasteiger partial charge >= 0.3 is 0 Å². The molecule has 0 saturated carbocycles. The largest absolute Gasteiger partial charge is 0.462 e. The average Bonchev–Trinajstić information content (AvgIpc) is 2.92. The molecule has 0 radical (unpaired) electrons. The minimum atomic E-state index is 0.0943. The number of rotatable bonds is 5. The Hall–Kier alpha value is -0.840. The van der Waals surface area contributed by atoms with E-state index in [4.69, 9.17) is 13.9 Å². The van der Waals surface area contributed by atoms with Gasteiger partial charge in [-0.2, -0.15) is 0 Å². The van der Waals surface area contributed by atoms with Gasteiger partial charge < -0.3 is 19.2 Å². The standard InChI is InChI=1S/C15H25NO3/c1-11-7-13(10-18-12-5-6-17-9-12)19-14(11)8-16-15(2,3)4/h7,12,16H,5-6,8-10H2,1-4H3. The van der Waals surface area contributed by atoms with Crippen LogP contribution in [-0.2, 0) is 22.6 Å². The molecule has 2 rings (SSSR count). The maximum absolute atomic E-state index is 5.84. The lowest BCUT2D eigenvalue weighted by Crippen LogP contribution is -2.35. The maximum atomic E-state index is 5.84. The Morgan fingerprint density at radius 1 is 1.42 bits per heavy atom. The summed E-state index contributed by atoms with van der Waals surface area (Å²) in [5.41, 5.74) is 1.27. The van der Waals surface area contributed by atoms with Crippen molar-refractivity contribution in [3.8, 4) is 0 Å². The zero-order valence-electron chi connectivity index (χ0n) is 12.4. The number of aryl methyl sites for hydroxylation is 1. The van der Waals surface area contributed by atoms with Gasteiger partial charge in [0.2, 0.25) is 0 Å². The lowest BCUT2D eigenvalue weighted by molar-refractivity contribution is 0.0230. The lowest BCUT2D eigenvalue weighted by atomic mass is 10.1. The molecule has 1 atom stereocenters. The molecule has 1 unspecified atom stereocenters. The molecule has 4 heteroatoms. The summed E-state index contributed by atoms with van der Waals surface area (Å²) in [6.07, 6.45) is 1.21. The zero-order valence-corrected chi connectivity index (χ0v) is 12.4. The van der Waals surface area contributed by atoms with Crippen LogP contribution >= 0.6 is 0 Å². The number of hydrogen-bond donors (Lipinski definition) is 1. The van der Waals surface area contributed by atoms with E-state index in [-0.39, 0.29) is 11.6 Å². The van der Waals surface area contributed by atoms with Gasteiger partial charge in [0.15, 0.2) is 0 Å². The van der Waals surface area contributed by atoms with Crippen LogP contribution < -0.4 is 5.32 Å². The van der Waals surface area contributed by atoms with Crippen molar-refractivity contribution in [2.75, 3.05) is 13.2 Å². The molecule has 1 fully saturated rings. The molecular formula is C15H25NO3. The van der Waals surface area contributed by atoms with Crippen molar-refractivity contribution < 1.29 is 13.9 Å². The third-order valence-electron chi connectivity index (χ3n) is 3.20. The fraction of sp³-hybridized carbons (Fsp3) is 0.733. The predicted molar refractivity (Wildman–Crippen MR) is 74.1 cm³/mol. The van der Waals surface area contributed by atoms with Crippen molar-refractivity contribution in [3.63, 3.8) is 0 Å². The highest BCUT2D eigenvalue weighted by Crippen LogP contribution is 2.18.